The highest BCUT2D eigenvalue weighted by molar-refractivity contribution is 7.99. The second-order valence-electron chi connectivity index (χ2n) is 4.54. The Labute approximate surface area is 110 Å². The molecule has 96 valence electrons. The van der Waals surface area contributed by atoms with Gasteiger partial charge in [0.05, 0.1) is 0 Å². The van der Waals surface area contributed by atoms with Gasteiger partial charge in [-0.05, 0) is 36.6 Å². The molecule has 0 heterocycles. The second-order valence-corrected chi connectivity index (χ2v) is 5.67. The highest BCUT2D eigenvalue weighted by atomic mass is 32.2. The maximum absolute atomic E-state index is 6.04. The number of hydrogen-bond donors (Lipinski definition) is 1. The Bertz CT molecular complexity index is 312. The van der Waals surface area contributed by atoms with Gasteiger partial charge in [0.15, 0.2) is 0 Å². The van der Waals surface area contributed by atoms with Gasteiger partial charge in [0, 0.05) is 10.9 Å². The lowest BCUT2D eigenvalue weighted by molar-refractivity contribution is 0.641. The van der Waals surface area contributed by atoms with Crippen molar-refractivity contribution in [2.75, 3.05) is 5.75 Å². The summed E-state index contributed by atoms with van der Waals surface area (Å²) >= 11 is 1.98. The van der Waals surface area contributed by atoms with Crippen LogP contribution in [0.3, 0.4) is 0 Å². The van der Waals surface area contributed by atoms with Crippen LogP contribution in [0.5, 0.6) is 0 Å². The van der Waals surface area contributed by atoms with Gasteiger partial charge in [-0.1, -0.05) is 44.9 Å². The summed E-state index contributed by atoms with van der Waals surface area (Å²) in [6, 6.07) is 9.00. The first-order chi connectivity index (χ1) is 8.27. The van der Waals surface area contributed by atoms with E-state index in [0.717, 1.165) is 12.8 Å². The molecule has 0 saturated carbocycles. The summed E-state index contributed by atoms with van der Waals surface area (Å²) in [4.78, 5) is 1.42. The van der Waals surface area contributed by atoms with Crippen molar-refractivity contribution in [3.8, 4) is 0 Å². The van der Waals surface area contributed by atoms with E-state index in [9.17, 15) is 0 Å². The minimum absolute atomic E-state index is 0.299. The normalized spacial score (nSPS) is 12.6. The quantitative estimate of drug-likeness (QED) is 0.552. The van der Waals surface area contributed by atoms with Gasteiger partial charge in [-0.3, -0.25) is 0 Å². The number of nitrogens with two attached hydrogens (primary N) is 1. The molecule has 1 nitrogen and oxygen atoms in total. The zero-order valence-corrected chi connectivity index (χ0v) is 11.9. The van der Waals surface area contributed by atoms with Crippen LogP contribution >= 0.6 is 11.8 Å². The molecule has 0 spiro atoms. The smallest absolute Gasteiger partial charge is 0.0105 e. The summed E-state index contributed by atoms with van der Waals surface area (Å²) in [5, 5.41) is 0. The van der Waals surface area contributed by atoms with Crippen LogP contribution < -0.4 is 5.73 Å². The summed E-state index contributed by atoms with van der Waals surface area (Å²) in [7, 11) is 0. The Balaban J connectivity index is 2.51. The highest BCUT2D eigenvalue weighted by Gasteiger charge is 2.06. The first kappa shape index (κ1) is 14.6. The van der Waals surface area contributed by atoms with Crippen LogP contribution in [0, 0.1) is 0 Å². The zero-order valence-electron chi connectivity index (χ0n) is 11.1. The summed E-state index contributed by atoms with van der Waals surface area (Å²) < 4.78 is 0. The Morgan fingerprint density at radius 3 is 2.65 bits per heavy atom. The van der Waals surface area contributed by atoms with Crippen molar-refractivity contribution in [2.45, 2.75) is 56.9 Å². The molecule has 2 heteroatoms. The Hall–Kier alpha value is -0.470. The fourth-order valence-corrected chi connectivity index (χ4v) is 2.85. The summed E-state index contributed by atoms with van der Waals surface area (Å²) in [6.07, 6.45) is 6.00. The van der Waals surface area contributed by atoms with Crippen LogP contribution in [0.4, 0.5) is 0 Å². The van der Waals surface area contributed by atoms with Crippen molar-refractivity contribution in [1.29, 1.82) is 0 Å². The van der Waals surface area contributed by atoms with Crippen LogP contribution in [-0.4, -0.2) is 11.8 Å². The maximum Gasteiger partial charge on any atom is 0.0105 e. The van der Waals surface area contributed by atoms with Crippen LogP contribution in [0.25, 0.3) is 0 Å². The number of rotatable bonds is 8. The predicted octanol–water partition coefficient (Wildman–Crippen LogP) is 4.25. The van der Waals surface area contributed by atoms with Crippen LogP contribution in [0.1, 0.15) is 45.1 Å². The molecule has 0 aliphatic rings. The number of hydrogen-bond acceptors (Lipinski definition) is 2. The van der Waals surface area contributed by atoms with Crippen molar-refractivity contribution in [3.63, 3.8) is 0 Å². The summed E-state index contributed by atoms with van der Waals surface area (Å²) in [5.74, 6) is 1.23. The molecular formula is C15H25NS. The molecule has 0 radical (unpaired) electrons. The first-order valence-corrected chi connectivity index (χ1v) is 7.72. The molecule has 1 rings (SSSR count). The Morgan fingerprint density at radius 2 is 1.94 bits per heavy atom. The van der Waals surface area contributed by atoms with E-state index in [1.807, 2.05) is 11.8 Å². The van der Waals surface area contributed by atoms with Gasteiger partial charge in [-0.2, -0.15) is 0 Å². The van der Waals surface area contributed by atoms with E-state index < -0.39 is 0 Å². The van der Waals surface area contributed by atoms with Crippen LogP contribution in [0.15, 0.2) is 29.2 Å². The van der Waals surface area contributed by atoms with Crippen molar-refractivity contribution in [3.05, 3.63) is 29.8 Å². The third-order valence-electron chi connectivity index (χ3n) is 2.98. The van der Waals surface area contributed by atoms with E-state index in [4.69, 9.17) is 5.73 Å². The number of unbranched alkanes of at least 4 members (excludes halogenated alkanes) is 2. The van der Waals surface area contributed by atoms with E-state index >= 15 is 0 Å². The van der Waals surface area contributed by atoms with Crippen LogP contribution in [0.2, 0.25) is 0 Å². The largest absolute Gasteiger partial charge is 0.327 e. The van der Waals surface area contributed by atoms with Crippen LogP contribution in [-0.2, 0) is 6.42 Å². The SMILES string of the molecule is CCCCCSc1ccccc1CC(N)CC. The average molecular weight is 251 g/mol. The van der Waals surface area contributed by atoms with E-state index in [0.29, 0.717) is 6.04 Å². The molecule has 0 bridgehead atoms. The van der Waals surface area contributed by atoms with E-state index in [-0.39, 0.29) is 0 Å². The molecular weight excluding hydrogens is 226 g/mol. The van der Waals surface area contributed by atoms with E-state index in [1.165, 1.54) is 35.5 Å². The molecule has 0 aliphatic carbocycles. The molecule has 0 aliphatic heterocycles. The lowest BCUT2D eigenvalue weighted by Gasteiger charge is -2.12. The lowest BCUT2D eigenvalue weighted by atomic mass is 10.1. The molecule has 1 aromatic carbocycles. The molecule has 0 fully saturated rings. The zero-order chi connectivity index (χ0) is 12.5. The molecule has 0 amide bonds. The fourth-order valence-electron chi connectivity index (χ4n) is 1.77. The Kier molecular flexibility index (Phi) is 7.38. The van der Waals surface area contributed by atoms with Gasteiger partial charge in [0.2, 0.25) is 0 Å². The Morgan fingerprint density at radius 1 is 1.18 bits per heavy atom. The van der Waals surface area contributed by atoms with Crippen molar-refractivity contribution in [1.82, 2.24) is 0 Å². The lowest BCUT2D eigenvalue weighted by Crippen LogP contribution is -2.21. The molecule has 17 heavy (non-hydrogen) atoms. The molecule has 1 unspecified atom stereocenters. The van der Waals surface area contributed by atoms with Gasteiger partial charge in [-0.15, -0.1) is 11.8 Å². The highest BCUT2D eigenvalue weighted by Crippen LogP contribution is 2.25. The summed E-state index contributed by atoms with van der Waals surface area (Å²) in [6.45, 7) is 4.40. The monoisotopic (exact) mass is 251 g/mol. The van der Waals surface area contributed by atoms with Crippen molar-refractivity contribution >= 4 is 11.8 Å². The summed E-state index contributed by atoms with van der Waals surface area (Å²) in [5.41, 5.74) is 7.46. The standard InChI is InChI=1S/C15H25NS/c1-3-5-8-11-17-15-10-7-6-9-13(15)12-14(16)4-2/h6-7,9-10,14H,3-5,8,11-12,16H2,1-2H3. The molecule has 0 aromatic heterocycles. The molecule has 1 aromatic rings. The second kappa shape index (κ2) is 8.60. The van der Waals surface area contributed by atoms with Gasteiger partial charge in [0.25, 0.3) is 0 Å². The predicted molar refractivity (Wildman–Crippen MR) is 78.7 cm³/mol. The average Bonchev–Trinajstić information content (AvgIpc) is 2.36. The van der Waals surface area contributed by atoms with Gasteiger partial charge >= 0.3 is 0 Å². The number of benzene rings is 1. The third kappa shape index (κ3) is 5.60. The minimum Gasteiger partial charge on any atom is -0.327 e. The minimum atomic E-state index is 0.299. The maximum atomic E-state index is 6.04. The molecule has 2 N–H and O–H groups in total. The van der Waals surface area contributed by atoms with Gasteiger partial charge < -0.3 is 5.73 Å². The number of thioether (sulfide) groups is 1. The topological polar surface area (TPSA) is 26.0 Å². The van der Waals surface area contributed by atoms with E-state index in [2.05, 4.69) is 38.1 Å². The van der Waals surface area contributed by atoms with Crippen molar-refractivity contribution in [2.24, 2.45) is 5.73 Å². The molecule has 1 atom stereocenters. The first-order valence-electron chi connectivity index (χ1n) is 6.74. The van der Waals surface area contributed by atoms with Crippen molar-refractivity contribution < 1.29 is 0 Å². The van der Waals surface area contributed by atoms with Gasteiger partial charge in [0.1, 0.15) is 0 Å². The molecule has 0 saturated heterocycles. The van der Waals surface area contributed by atoms with E-state index in [1.54, 1.807) is 0 Å². The van der Waals surface area contributed by atoms with Gasteiger partial charge in [-0.25, -0.2) is 0 Å². The fraction of sp³-hybridized carbons (Fsp3) is 0.600. The third-order valence-corrected chi connectivity index (χ3v) is 4.19.